The van der Waals surface area contributed by atoms with E-state index >= 15 is 0 Å². The Hall–Kier alpha value is -0.480. The first-order valence-electron chi connectivity index (χ1n) is 4.44. The normalized spacial score (nSPS) is 22.0. The van der Waals surface area contributed by atoms with Gasteiger partial charge in [0.1, 0.15) is 0 Å². The topological polar surface area (TPSA) is 55.6 Å². The molecule has 0 saturated carbocycles. The van der Waals surface area contributed by atoms with Crippen molar-refractivity contribution in [1.29, 1.82) is 0 Å². The lowest BCUT2D eigenvalue weighted by atomic mass is 10.1. The summed E-state index contributed by atoms with van der Waals surface area (Å²) in [6.45, 7) is 2.95. The number of nitrogens with two attached hydrogens (primary N) is 1. The fourth-order valence-electron chi connectivity index (χ4n) is 1.39. The molecule has 1 heterocycles. The Bertz CT molecular complexity index is 166. The first-order chi connectivity index (χ1) is 5.75. The number of hydrogen-bond donors (Lipinski definition) is 1. The van der Waals surface area contributed by atoms with Gasteiger partial charge in [-0.25, -0.2) is 4.79 Å². The van der Waals surface area contributed by atoms with Crippen molar-refractivity contribution in [3.05, 3.63) is 0 Å². The molecule has 0 aromatic rings. The van der Waals surface area contributed by atoms with E-state index < -0.39 is 0 Å². The summed E-state index contributed by atoms with van der Waals surface area (Å²) in [4.78, 5) is 12.8. The quantitative estimate of drug-likeness (QED) is 0.708. The molecule has 5 heteroatoms. The maximum atomic E-state index is 11.2. The van der Waals surface area contributed by atoms with E-state index in [1.807, 2.05) is 0 Å². The van der Waals surface area contributed by atoms with E-state index in [-0.39, 0.29) is 24.7 Å². The van der Waals surface area contributed by atoms with Gasteiger partial charge >= 0.3 is 6.09 Å². The van der Waals surface area contributed by atoms with Crippen LogP contribution in [0.2, 0.25) is 0 Å². The van der Waals surface area contributed by atoms with Gasteiger partial charge in [-0.1, -0.05) is 0 Å². The van der Waals surface area contributed by atoms with Gasteiger partial charge in [-0.2, -0.15) is 0 Å². The zero-order valence-electron chi connectivity index (χ0n) is 7.86. The number of halogens is 1. The van der Waals surface area contributed by atoms with Crippen LogP contribution in [-0.4, -0.2) is 30.3 Å². The standard InChI is InChI=1S/C8H16N2O2.ClH/c1-2-12-8(11)10-6-4-3-5-7(10)9;/h7H,2-6,9H2,1H3;1H/t7-;/m1./s1. The van der Waals surface area contributed by atoms with Crippen LogP contribution in [0.3, 0.4) is 0 Å². The van der Waals surface area contributed by atoms with Crippen molar-refractivity contribution in [2.45, 2.75) is 32.4 Å². The molecule has 0 unspecified atom stereocenters. The molecule has 78 valence electrons. The van der Waals surface area contributed by atoms with Crippen molar-refractivity contribution >= 4 is 18.5 Å². The lowest BCUT2D eigenvalue weighted by Crippen LogP contribution is -2.48. The predicted octanol–water partition coefficient (Wildman–Crippen LogP) is 1.34. The second-order valence-corrected chi connectivity index (χ2v) is 2.96. The van der Waals surface area contributed by atoms with Crippen LogP contribution in [0, 0.1) is 0 Å². The van der Waals surface area contributed by atoms with E-state index in [9.17, 15) is 4.79 Å². The average molecular weight is 209 g/mol. The van der Waals surface area contributed by atoms with Crippen LogP contribution in [0.1, 0.15) is 26.2 Å². The van der Waals surface area contributed by atoms with Crippen molar-refractivity contribution in [2.75, 3.05) is 13.2 Å². The highest BCUT2D eigenvalue weighted by atomic mass is 35.5. The Morgan fingerprint density at radius 3 is 2.85 bits per heavy atom. The van der Waals surface area contributed by atoms with E-state index in [1.54, 1.807) is 11.8 Å². The highest BCUT2D eigenvalue weighted by molar-refractivity contribution is 5.85. The van der Waals surface area contributed by atoms with E-state index in [0.29, 0.717) is 6.61 Å². The minimum Gasteiger partial charge on any atom is -0.450 e. The van der Waals surface area contributed by atoms with E-state index in [4.69, 9.17) is 10.5 Å². The lowest BCUT2D eigenvalue weighted by molar-refractivity contribution is 0.0784. The van der Waals surface area contributed by atoms with Gasteiger partial charge in [0.2, 0.25) is 0 Å². The molecule has 0 bridgehead atoms. The smallest absolute Gasteiger partial charge is 0.411 e. The average Bonchev–Trinajstić information content (AvgIpc) is 2.05. The molecule has 1 atom stereocenters. The molecule has 1 aliphatic heterocycles. The zero-order chi connectivity index (χ0) is 8.97. The Kier molecular flexibility index (Phi) is 5.82. The highest BCUT2D eigenvalue weighted by Gasteiger charge is 2.24. The zero-order valence-corrected chi connectivity index (χ0v) is 8.68. The molecule has 0 spiro atoms. The fraction of sp³-hybridized carbons (Fsp3) is 0.875. The molecular weight excluding hydrogens is 192 g/mol. The molecule has 1 amide bonds. The van der Waals surface area contributed by atoms with Crippen LogP contribution in [0.25, 0.3) is 0 Å². The van der Waals surface area contributed by atoms with Crippen LogP contribution in [0.5, 0.6) is 0 Å². The Balaban J connectivity index is 0.00000144. The van der Waals surface area contributed by atoms with Crippen molar-refractivity contribution in [1.82, 2.24) is 4.90 Å². The minimum absolute atomic E-state index is 0. The summed E-state index contributed by atoms with van der Waals surface area (Å²) in [5.74, 6) is 0. The summed E-state index contributed by atoms with van der Waals surface area (Å²) in [7, 11) is 0. The number of hydrogen-bond acceptors (Lipinski definition) is 3. The maximum absolute atomic E-state index is 11.2. The van der Waals surface area contributed by atoms with Crippen LogP contribution in [-0.2, 0) is 4.74 Å². The third-order valence-electron chi connectivity index (χ3n) is 2.05. The molecule has 4 nitrogen and oxygen atoms in total. The lowest BCUT2D eigenvalue weighted by Gasteiger charge is -2.31. The largest absolute Gasteiger partial charge is 0.450 e. The number of amides is 1. The van der Waals surface area contributed by atoms with E-state index in [0.717, 1.165) is 25.8 Å². The van der Waals surface area contributed by atoms with Gasteiger partial charge in [0.05, 0.1) is 12.8 Å². The third-order valence-corrected chi connectivity index (χ3v) is 2.05. The molecular formula is C8H17ClN2O2. The monoisotopic (exact) mass is 208 g/mol. The van der Waals surface area contributed by atoms with Crippen molar-refractivity contribution in [3.8, 4) is 0 Å². The molecule has 13 heavy (non-hydrogen) atoms. The van der Waals surface area contributed by atoms with Crippen molar-refractivity contribution in [2.24, 2.45) is 5.73 Å². The fourth-order valence-corrected chi connectivity index (χ4v) is 1.39. The van der Waals surface area contributed by atoms with Gasteiger partial charge in [-0.3, -0.25) is 4.90 Å². The van der Waals surface area contributed by atoms with Gasteiger partial charge in [-0.05, 0) is 26.2 Å². The van der Waals surface area contributed by atoms with Crippen LogP contribution in [0.15, 0.2) is 0 Å². The van der Waals surface area contributed by atoms with Crippen molar-refractivity contribution in [3.63, 3.8) is 0 Å². The van der Waals surface area contributed by atoms with Crippen LogP contribution < -0.4 is 5.73 Å². The molecule has 1 fully saturated rings. The summed E-state index contributed by atoms with van der Waals surface area (Å²) in [5.41, 5.74) is 5.74. The molecule has 0 aromatic heterocycles. The molecule has 1 saturated heterocycles. The van der Waals surface area contributed by atoms with Crippen LogP contribution >= 0.6 is 12.4 Å². The molecule has 1 rings (SSSR count). The number of piperidine rings is 1. The molecule has 1 aliphatic rings. The second-order valence-electron chi connectivity index (χ2n) is 2.96. The summed E-state index contributed by atoms with van der Waals surface area (Å²) in [5, 5.41) is 0. The van der Waals surface area contributed by atoms with Gasteiger partial charge in [0, 0.05) is 6.54 Å². The summed E-state index contributed by atoms with van der Waals surface area (Å²) in [6, 6.07) is 0. The predicted molar refractivity (Wildman–Crippen MR) is 52.8 cm³/mol. The first kappa shape index (κ1) is 12.5. The van der Waals surface area contributed by atoms with Gasteiger partial charge in [0.25, 0.3) is 0 Å². The van der Waals surface area contributed by atoms with Crippen LogP contribution in [0.4, 0.5) is 4.79 Å². The van der Waals surface area contributed by atoms with Gasteiger partial charge in [-0.15, -0.1) is 12.4 Å². The Morgan fingerprint density at radius 1 is 1.62 bits per heavy atom. The summed E-state index contributed by atoms with van der Waals surface area (Å²) < 4.78 is 4.86. The number of nitrogens with zero attached hydrogens (tertiary/aromatic N) is 1. The Morgan fingerprint density at radius 2 is 2.31 bits per heavy atom. The number of carbonyl (C=O) groups is 1. The van der Waals surface area contributed by atoms with E-state index in [1.165, 1.54) is 0 Å². The van der Waals surface area contributed by atoms with Gasteiger partial charge in [0.15, 0.2) is 0 Å². The maximum Gasteiger partial charge on any atom is 0.411 e. The number of rotatable bonds is 1. The molecule has 0 aromatic carbocycles. The summed E-state index contributed by atoms with van der Waals surface area (Å²) in [6.07, 6.45) is 2.62. The molecule has 0 aliphatic carbocycles. The summed E-state index contributed by atoms with van der Waals surface area (Å²) >= 11 is 0. The first-order valence-corrected chi connectivity index (χ1v) is 4.44. The van der Waals surface area contributed by atoms with Crippen molar-refractivity contribution < 1.29 is 9.53 Å². The van der Waals surface area contributed by atoms with Gasteiger partial charge < -0.3 is 10.5 Å². The number of likely N-dealkylation sites (tertiary alicyclic amines) is 1. The molecule has 0 radical (unpaired) electrons. The third kappa shape index (κ3) is 3.40. The minimum atomic E-state index is -0.273. The SMILES string of the molecule is CCOC(=O)N1CCCC[C@@H]1N.Cl. The highest BCUT2D eigenvalue weighted by Crippen LogP contribution is 2.13. The second kappa shape index (κ2) is 6.05. The Labute approximate surface area is 84.8 Å². The molecule has 2 N–H and O–H groups in total. The van der Waals surface area contributed by atoms with E-state index in [2.05, 4.69) is 0 Å². The number of carbonyl (C=O) groups excluding carboxylic acids is 1. The number of ether oxygens (including phenoxy) is 1.